The van der Waals surface area contributed by atoms with Crippen LogP contribution >= 0.6 is 27.3 Å². The summed E-state index contributed by atoms with van der Waals surface area (Å²) >= 11 is 4.69. The van der Waals surface area contributed by atoms with Gasteiger partial charge in [0.25, 0.3) is 0 Å². The van der Waals surface area contributed by atoms with Gasteiger partial charge in [-0.2, -0.15) is 0 Å². The highest BCUT2D eigenvalue weighted by atomic mass is 79.9. The van der Waals surface area contributed by atoms with Gasteiger partial charge in [-0.3, -0.25) is 4.79 Å². The summed E-state index contributed by atoms with van der Waals surface area (Å²) in [7, 11) is -3.50. The summed E-state index contributed by atoms with van der Waals surface area (Å²) in [4.78, 5) is 24.3. The molecule has 4 aromatic rings. The van der Waals surface area contributed by atoms with Crippen LogP contribution in [0.3, 0.4) is 0 Å². The van der Waals surface area contributed by atoms with Crippen LogP contribution in [-0.4, -0.2) is 35.0 Å². The topological polar surface area (TPSA) is 105 Å². The summed E-state index contributed by atoms with van der Waals surface area (Å²) in [6.07, 6.45) is 3.38. The number of fused-ring (bicyclic) bond motifs is 1. The predicted octanol–water partition coefficient (Wildman–Crippen LogP) is 4.25. The monoisotopic (exact) mass is 490 g/mol. The summed E-state index contributed by atoms with van der Waals surface area (Å²) in [6.45, 7) is 0. The van der Waals surface area contributed by atoms with E-state index >= 15 is 0 Å². The first-order valence-corrected chi connectivity index (χ1v) is 11.9. The third kappa shape index (κ3) is 4.39. The zero-order valence-corrected chi connectivity index (χ0v) is 18.1. The number of rotatable bonds is 6. The Morgan fingerprint density at radius 1 is 1.24 bits per heavy atom. The quantitative estimate of drug-likeness (QED) is 0.420. The number of amides is 1. The number of aromatic nitrogens is 3. The van der Waals surface area contributed by atoms with E-state index in [-0.39, 0.29) is 17.1 Å². The third-order valence-electron chi connectivity index (χ3n) is 4.22. The minimum absolute atomic E-state index is 0.143. The van der Waals surface area contributed by atoms with Crippen molar-refractivity contribution in [1.29, 1.82) is 0 Å². The first-order valence-electron chi connectivity index (χ1n) is 8.58. The van der Waals surface area contributed by atoms with Crippen molar-refractivity contribution in [2.45, 2.75) is 11.3 Å². The Labute approximate surface area is 179 Å². The second-order valence-electron chi connectivity index (χ2n) is 6.22. The summed E-state index contributed by atoms with van der Waals surface area (Å²) in [6, 6.07) is 10.0. The molecule has 0 bridgehead atoms. The van der Waals surface area contributed by atoms with E-state index in [1.807, 2.05) is 17.6 Å². The number of hydrogen-bond acceptors (Lipinski definition) is 6. The molecule has 3 heterocycles. The van der Waals surface area contributed by atoms with Gasteiger partial charge in [0.05, 0.1) is 16.3 Å². The SMILES string of the molecule is O=C(CCS(=O)(=O)c1ccccc1)Nc1nc(-c2c[nH]c3ncc(Br)cc23)cs1. The summed E-state index contributed by atoms with van der Waals surface area (Å²) in [5.41, 5.74) is 2.32. The zero-order valence-electron chi connectivity index (χ0n) is 14.9. The molecule has 0 radical (unpaired) electrons. The summed E-state index contributed by atoms with van der Waals surface area (Å²) < 4.78 is 25.4. The molecule has 2 N–H and O–H groups in total. The van der Waals surface area contributed by atoms with Crippen LogP contribution in [0.5, 0.6) is 0 Å². The number of nitrogens with zero attached hydrogens (tertiary/aromatic N) is 2. The average molecular weight is 491 g/mol. The molecule has 0 fully saturated rings. The Hall–Kier alpha value is -2.56. The number of nitrogens with one attached hydrogen (secondary N) is 2. The molecule has 1 amide bonds. The number of carbonyl (C=O) groups is 1. The van der Waals surface area contributed by atoms with Crippen molar-refractivity contribution in [3.63, 3.8) is 0 Å². The molecular formula is C19H15BrN4O3S2. The number of aromatic amines is 1. The maximum atomic E-state index is 12.3. The molecule has 1 aromatic carbocycles. The fourth-order valence-electron chi connectivity index (χ4n) is 2.80. The van der Waals surface area contributed by atoms with Gasteiger partial charge in [0.15, 0.2) is 15.0 Å². The summed E-state index contributed by atoms with van der Waals surface area (Å²) in [5, 5.41) is 5.84. The molecular weight excluding hydrogens is 476 g/mol. The molecule has 0 spiro atoms. The molecule has 0 unspecified atom stereocenters. The number of anilines is 1. The highest BCUT2D eigenvalue weighted by Gasteiger charge is 2.17. The van der Waals surface area contributed by atoms with Crippen molar-refractivity contribution in [3.05, 3.63) is 58.6 Å². The molecule has 0 aliphatic rings. The van der Waals surface area contributed by atoms with Crippen LogP contribution in [0.4, 0.5) is 5.13 Å². The largest absolute Gasteiger partial charge is 0.345 e. The van der Waals surface area contributed by atoms with Gasteiger partial charge in [-0.05, 0) is 34.1 Å². The minimum atomic E-state index is -3.50. The maximum Gasteiger partial charge on any atom is 0.227 e. The number of halogens is 1. The molecule has 29 heavy (non-hydrogen) atoms. The van der Waals surface area contributed by atoms with Crippen LogP contribution < -0.4 is 5.32 Å². The lowest BCUT2D eigenvalue weighted by Gasteiger charge is -2.04. The Balaban J connectivity index is 1.44. The van der Waals surface area contributed by atoms with Crippen molar-refractivity contribution in [3.8, 4) is 11.3 Å². The smallest absolute Gasteiger partial charge is 0.227 e. The van der Waals surface area contributed by atoms with Gasteiger partial charge >= 0.3 is 0 Å². The van der Waals surface area contributed by atoms with Gasteiger partial charge in [-0.25, -0.2) is 18.4 Å². The number of sulfone groups is 1. The maximum absolute atomic E-state index is 12.3. The molecule has 3 aromatic heterocycles. The zero-order chi connectivity index (χ0) is 20.4. The minimum Gasteiger partial charge on any atom is -0.345 e. The van der Waals surface area contributed by atoms with Crippen LogP contribution in [0.25, 0.3) is 22.3 Å². The molecule has 0 atom stereocenters. The van der Waals surface area contributed by atoms with Crippen LogP contribution in [0, 0.1) is 0 Å². The molecule has 0 aliphatic heterocycles. The van der Waals surface area contributed by atoms with Gasteiger partial charge in [-0.15, -0.1) is 11.3 Å². The van der Waals surface area contributed by atoms with Crippen LogP contribution in [0.2, 0.25) is 0 Å². The first-order chi connectivity index (χ1) is 13.9. The number of pyridine rings is 1. The highest BCUT2D eigenvalue weighted by molar-refractivity contribution is 9.10. The molecule has 0 saturated heterocycles. The standard InChI is InChI=1S/C19H15BrN4O3S2/c20-12-8-14-15(10-22-18(14)21-9-12)16-11-28-19(23-16)24-17(25)6-7-29(26,27)13-4-2-1-3-5-13/h1-5,8-11H,6-7H2,(H,21,22)(H,23,24,25). The molecule has 148 valence electrons. The van der Waals surface area contributed by atoms with E-state index in [0.717, 1.165) is 21.1 Å². The Kier molecular flexibility index (Phi) is 5.48. The molecule has 7 nitrogen and oxygen atoms in total. The lowest BCUT2D eigenvalue weighted by atomic mass is 10.2. The Bertz CT molecular complexity index is 1280. The second kappa shape index (κ2) is 8.05. The van der Waals surface area contributed by atoms with E-state index in [9.17, 15) is 13.2 Å². The van der Waals surface area contributed by atoms with Crippen LogP contribution in [0.1, 0.15) is 6.42 Å². The fraction of sp³-hybridized carbons (Fsp3) is 0.105. The Morgan fingerprint density at radius 2 is 2.03 bits per heavy atom. The van der Waals surface area contributed by atoms with Crippen molar-refractivity contribution in [2.24, 2.45) is 0 Å². The van der Waals surface area contributed by atoms with E-state index in [1.54, 1.807) is 24.4 Å². The second-order valence-corrected chi connectivity index (χ2v) is 10.1. The predicted molar refractivity (Wildman–Crippen MR) is 117 cm³/mol. The molecule has 10 heteroatoms. The van der Waals surface area contributed by atoms with Gasteiger partial charge in [0, 0.05) is 39.6 Å². The van der Waals surface area contributed by atoms with Gasteiger partial charge in [0.1, 0.15) is 5.65 Å². The van der Waals surface area contributed by atoms with Gasteiger partial charge < -0.3 is 10.3 Å². The number of carbonyl (C=O) groups excluding carboxylic acids is 1. The summed E-state index contributed by atoms with van der Waals surface area (Å²) in [5.74, 6) is -0.655. The van der Waals surface area contributed by atoms with E-state index in [0.29, 0.717) is 10.8 Å². The lowest BCUT2D eigenvalue weighted by molar-refractivity contribution is -0.115. The number of hydrogen-bond donors (Lipinski definition) is 2. The van der Waals surface area contributed by atoms with Crippen molar-refractivity contribution in [1.82, 2.24) is 15.0 Å². The van der Waals surface area contributed by atoms with Crippen molar-refractivity contribution >= 4 is 59.2 Å². The number of H-pyrrole nitrogens is 1. The number of benzene rings is 1. The van der Waals surface area contributed by atoms with Gasteiger partial charge in [-0.1, -0.05) is 18.2 Å². The molecule has 0 saturated carbocycles. The van der Waals surface area contributed by atoms with E-state index in [2.05, 4.69) is 36.2 Å². The van der Waals surface area contributed by atoms with E-state index in [4.69, 9.17) is 0 Å². The lowest BCUT2D eigenvalue weighted by Crippen LogP contribution is -2.17. The van der Waals surface area contributed by atoms with Crippen molar-refractivity contribution in [2.75, 3.05) is 11.1 Å². The van der Waals surface area contributed by atoms with E-state index < -0.39 is 15.7 Å². The highest BCUT2D eigenvalue weighted by Crippen LogP contribution is 2.31. The molecule has 4 rings (SSSR count). The Morgan fingerprint density at radius 3 is 2.83 bits per heavy atom. The van der Waals surface area contributed by atoms with E-state index in [1.165, 1.54) is 23.5 Å². The normalized spacial score (nSPS) is 11.6. The number of thiazole rings is 1. The first kappa shape index (κ1) is 19.7. The van der Waals surface area contributed by atoms with Gasteiger partial charge in [0.2, 0.25) is 5.91 Å². The van der Waals surface area contributed by atoms with Crippen LogP contribution in [0.15, 0.2) is 63.5 Å². The third-order valence-corrected chi connectivity index (χ3v) is 7.15. The van der Waals surface area contributed by atoms with Crippen LogP contribution in [-0.2, 0) is 14.6 Å². The average Bonchev–Trinajstić information content (AvgIpc) is 3.33. The molecule has 0 aliphatic carbocycles. The van der Waals surface area contributed by atoms with Crippen molar-refractivity contribution < 1.29 is 13.2 Å². The fourth-order valence-corrected chi connectivity index (χ4v) is 5.12.